The first-order chi connectivity index (χ1) is 14.7. The molecule has 2 aliphatic rings. The number of likely N-dealkylation sites (tertiary alicyclic amines) is 1. The predicted molar refractivity (Wildman–Crippen MR) is 119 cm³/mol. The maximum Gasteiger partial charge on any atom is 0.348 e. The SMILES string of the molecule is Cc1cc(C)n(CC(=O)N2C[C@H]3C[C@@H](C2)[C@H](CCC(C)C)n2c3cccc2=O)c(=O)n1. The number of amides is 1. The van der Waals surface area contributed by atoms with Crippen molar-refractivity contribution >= 4 is 5.91 Å². The molecule has 0 spiro atoms. The third kappa shape index (κ3) is 4.23. The van der Waals surface area contributed by atoms with Gasteiger partial charge in [0.15, 0.2) is 0 Å². The molecule has 4 heterocycles. The highest BCUT2D eigenvalue weighted by molar-refractivity contribution is 5.76. The third-order valence-corrected chi connectivity index (χ3v) is 6.83. The van der Waals surface area contributed by atoms with Gasteiger partial charge in [-0.2, -0.15) is 4.98 Å². The van der Waals surface area contributed by atoms with Gasteiger partial charge in [0.1, 0.15) is 6.54 Å². The smallest absolute Gasteiger partial charge is 0.340 e. The zero-order valence-corrected chi connectivity index (χ0v) is 18.9. The van der Waals surface area contributed by atoms with Gasteiger partial charge in [0.05, 0.1) is 0 Å². The standard InChI is InChI=1S/C24H32N4O3/c1-15(2)8-9-21-19-11-18(20-6-5-7-22(29)28(20)21)12-26(13-19)23(30)14-27-17(4)10-16(3)25-24(27)31/h5-7,10,15,18-19,21H,8-9,11-14H2,1-4H3/t18-,19+,21+/m1/s1. The van der Waals surface area contributed by atoms with Gasteiger partial charge < -0.3 is 9.47 Å². The van der Waals surface area contributed by atoms with Crippen molar-refractivity contribution in [3.8, 4) is 0 Å². The first kappa shape index (κ1) is 21.5. The Hall–Kier alpha value is -2.70. The van der Waals surface area contributed by atoms with Gasteiger partial charge in [-0.25, -0.2) is 4.79 Å². The topological polar surface area (TPSA) is 77.2 Å². The molecule has 166 valence electrons. The summed E-state index contributed by atoms with van der Waals surface area (Å²) < 4.78 is 3.45. The van der Waals surface area contributed by atoms with Crippen LogP contribution in [0.1, 0.15) is 62.2 Å². The second kappa shape index (κ2) is 8.44. The van der Waals surface area contributed by atoms with Gasteiger partial charge in [0.2, 0.25) is 5.91 Å². The summed E-state index contributed by atoms with van der Waals surface area (Å²) in [6.07, 6.45) is 2.99. The molecule has 0 N–H and O–H groups in total. The summed E-state index contributed by atoms with van der Waals surface area (Å²) in [5.41, 5.74) is 2.13. The monoisotopic (exact) mass is 424 g/mol. The van der Waals surface area contributed by atoms with Crippen molar-refractivity contribution in [1.82, 2.24) is 19.0 Å². The van der Waals surface area contributed by atoms with Crippen LogP contribution in [0.5, 0.6) is 0 Å². The number of fused-ring (bicyclic) bond motifs is 4. The minimum atomic E-state index is -0.380. The number of piperidine rings is 1. The van der Waals surface area contributed by atoms with Crippen LogP contribution in [0.2, 0.25) is 0 Å². The van der Waals surface area contributed by atoms with Crippen LogP contribution in [0.15, 0.2) is 33.9 Å². The van der Waals surface area contributed by atoms with E-state index in [9.17, 15) is 14.4 Å². The second-order valence-corrected chi connectivity index (χ2v) is 9.60. The lowest BCUT2D eigenvalue weighted by Crippen LogP contribution is -2.52. The highest BCUT2D eigenvalue weighted by atomic mass is 16.2. The van der Waals surface area contributed by atoms with Crippen LogP contribution in [0.4, 0.5) is 0 Å². The molecule has 4 rings (SSSR count). The zero-order chi connectivity index (χ0) is 22.3. The lowest BCUT2D eigenvalue weighted by molar-refractivity contribution is -0.135. The molecule has 2 aliphatic heterocycles. The minimum absolute atomic E-state index is 0.00957. The lowest BCUT2D eigenvalue weighted by atomic mass is 9.76. The van der Waals surface area contributed by atoms with E-state index in [1.165, 1.54) is 4.57 Å². The molecule has 0 saturated carbocycles. The fourth-order valence-corrected chi connectivity index (χ4v) is 5.32. The maximum absolute atomic E-state index is 13.2. The average Bonchev–Trinajstić information content (AvgIpc) is 2.70. The quantitative estimate of drug-likeness (QED) is 0.739. The maximum atomic E-state index is 13.2. The Morgan fingerprint density at radius 1 is 1.19 bits per heavy atom. The molecule has 1 fully saturated rings. The van der Waals surface area contributed by atoms with Crippen molar-refractivity contribution in [1.29, 1.82) is 0 Å². The van der Waals surface area contributed by atoms with Crippen LogP contribution in [0.25, 0.3) is 0 Å². The van der Waals surface area contributed by atoms with Gasteiger partial charge in [0, 0.05) is 48.2 Å². The molecule has 0 radical (unpaired) electrons. The molecule has 7 heteroatoms. The van der Waals surface area contributed by atoms with E-state index in [0.717, 1.165) is 30.7 Å². The van der Waals surface area contributed by atoms with E-state index >= 15 is 0 Å². The van der Waals surface area contributed by atoms with Crippen molar-refractivity contribution in [3.63, 3.8) is 0 Å². The molecule has 0 aromatic carbocycles. The highest BCUT2D eigenvalue weighted by Gasteiger charge is 2.41. The summed E-state index contributed by atoms with van der Waals surface area (Å²) in [5, 5.41) is 0. The molecule has 31 heavy (non-hydrogen) atoms. The minimum Gasteiger partial charge on any atom is -0.340 e. The van der Waals surface area contributed by atoms with Crippen LogP contribution >= 0.6 is 0 Å². The molecule has 2 aromatic heterocycles. The Morgan fingerprint density at radius 3 is 2.68 bits per heavy atom. The van der Waals surface area contributed by atoms with Gasteiger partial charge in [-0.15, -0.1) is 0 Å². The normalized spacial score (nSPS) is 22.5. The largest absolute Gasteiger partial charge is 0.348 e. The van der Waals surface area contributed by atoms with Crippen LogP contribution in [0.3, 0.4) is 0 Å². The molecule has 0 unspecified atom stereocenters. The van der Waals surface area contributed by atoms with E-state index in [1.807, 2.05) is 34.6 Å². The molecule has 2 bridgehead atoms. The summed E-state index contributed by atoms with van der Waals surface area (Å²) >= 11 is 0. The molecule has 1 saturated heterocycles. The van der Waals surface area contributed by atoms with Crippen LogP contribution < -0.4 is 11.2 Å². The fraction of sp³-hybridized carbons (Fsp3) is 0.583. The summed E-state index contributed by atoms with van der Waals surface area (Å²) in [5.74, 6) is 0.912. The zero-order valence-electron chi connectivity index (χ0n) is 18.9. The van der Waals surface area contributed by atoms with Crippen molar-refractivity contribution < 1.29 is 4.79 Å². The number of hydrogen-bond donors (Lipinski definition) is 0. The number of hydrogen-bond acceptors (Lipinski definition) is 4. The van der Waals surface area contributed by atoms with E-state index in [0.29, 0.717) is 24.7 Å². The summed E-state index contributed by atoms with van der Waals surface area (Å²) in [6, 6.07) is 7.45. The summed E-state index contributed by atoms with van der Waals surface area (Å²) in [7, 11) is 0. The van der Waals surface area contributed by atoms with Crippen LogP contribution in [0, 0.1) is 25.7 Å². The summed E-state index contributed by atoms with van der Waals surface area (Å²) in [6.45, 7) is 9.24. The van der Waals surface area contributed by atoms with Gasteiger partial charge >= 0.3 is 5.69 Å². The molecule has 0 aliphatic carbocycles. The Kier molecular flexibility index (Phi) is 5.86. The first-order valence-electron chi connectivity index (χ1n) is 11.3. The Labute approximate surface area is 182 Å². The number of pyridine rings is 1. The number of carbonyl (C=O) groups excluding carboxylic acids is 1. The van der Waals surface area contributed by atoms with E-state index in [4.69, 9.17) is 0 Å². The number of nitrogens with zero attached hydrogens (tertiary/aromatic N) is 4. The van der Waals surface area contributed by atoms with Gasteiger partial charge in [0.25, 0.3) is 5.56 Å². The Bertz CT molecular complexity index is 1100. The van der Waals surface area contributed by atoms with Gasteiger partial charge in [-0.05, 0) is 57.1 Å². The van der Waals surface area contributed by atoms with Gasteiger partial charge in [-0.3, -0.25) is 14.2 Å². The predicted octanol–water partition coefficient (Wildman–Crippen LogP) is 2.65. The van der Waals surface area contributed by atoms with Crippen LogP contribution in [-0.2, 0) is 11.3 Å². The average molecular weight is 425 g/mol. The lowest BCUT2D eigenvalue weighted by Gasteiger charge is -2.47. The molecular formula is C24H32N4O3. The molecule has 3 atom stereocenters. The molecular weight excluding hydrogens is 392 g/mol. The van der Waals surface area contributed by atoms with Crippen molar-refractivity contribution in [2.24, 2.45) is 11.8 Å². The highest BCUT2D eigenvalue weighted by Crippen LogP contribution is 2.43. The molecule has 2 aromatic rings. The van der Waals surface area contributed by atoms with E-state index in [1.54, 1.807) is 13.0 Å². The van der Waals surface area contributed by atoms with Crippen molar-refractivity contribution in [2.45, 2.75) is 65.5 Å². The number of aromatic nitrogens is 3. The molecule has 1 amide bonds. The molecule has 7 nitrogen and oxygen atoms in total. The van der Waals surface area contributed by atoms with E-state index < -0.39 is 0 Å². The fourth-order valence-electron chi connectivity index (χ4n) is 5.32. The Morgan fingerprint density at radius 2 is 1.97 bits per heavy atom. The number of rotatable bonds is 5. The van der Waals surface area contributed by atoms with E-state index in [2.05, 4.69) is 18.8 Å². The van der Waals surface area contributed by atoms with E-state index in [-0.39, 0.29) is 41.6 Å². The Balaban J connectivity index is 1.61. The third-order valence-electron chi connectivity index (χ3n) is 6.83. The van der Waals surface area contributed by atoms with Crippen molar-refractivity contribution in [3.05, 3.63) is 62.2 Å². The second-order valence-electron chi connectivity index (χ2n) is 9.60. The first-order valence-corrected chi connectivity index (χ1v) is 11.3. The van der Waals surface area contributed by atoms with Crippen LogP contribution in [-0.4, -0.2) is 38.0 Å². The van der Waals surface area contributed by atoms with Crippen molar-refractivity contribution in [2.75, 3.05) is 13.1 Å². The van der Waals surface area contributed by atoms with Gasteiger partial charge in [-0.1, -0.05) is 19.9 Å². The summed E-state index contributed by atoms with van der Waals surface area (Å²) in [4.78, 5) is 44.2. The number of carbonyl (C=O) groups is 1. The number of aryl methyl sites for hydroxylation is 2.